The summed E-state index contributed by atoms with van der Waals surface area (Å²) in [6.45, 7) is 3.50. The summed E-state index contributed by atoms with van der Waals surface area (Å²) >= 11 is 1.14. The summed E-state index contributed by atoms with van der Waals surface area (Å²) in [5.41, 5.74) is 0.530. The Labute approximate surface area is 203 Å². The second kappa shape index (κ2) is 10.5. The number of nitrogens with two attached hydrogens (primary N) is 1. The maximum Gasteiger partial charge on any atom is 0.338 e. The first-order valence-corrected chi connectivity index (χ1v) is 11.6. The van der Waals surface area contributed by atoms with E-state index in [9.17, 15) is 14.0 Å². The molecule has 1 atom stereocenters. The molecule has 11 nitrogen and oxygen atoms in total. The normalized spacial score (nSPS) is 15.5. The van der Waals surface area contributed by atoms with E-state index in [1.54, 1.807) is 38.1 Å². The topological polar surface area (TPSA) is 147 Å². The Kier molecular flexibility index (Phi) is 7.25. The number of carbonyl (C=O) groups is 2. The van der Waals surface area contributed by atoms with Crippen molar-refractivity contribution in [2.75, 3.05) is 18.2 Å². The van der Waals surface area contributed by atoms with Crippen LogP contribution in [0.1, 0.15) is 30.3 Å². The monoisotopic (exact) mass is 502 g/mol. The summed E-state index contributed by atoms with van der Waals surface area (Å²) < 4.78 is 31.3. The van der Waals surface area contributed by atoms with Gasteiger partial charge in [-0.3, -0.25) is 0 Å². The zero-order valence-corrected chi connectivity index (χ0v) is 19.7. The van der Waals surface area contributed by atoms with E-state index >= 15 is 0 Å². The van der Waals surface area contributed by atoms with Gasteiger partial charge in [-0.25, -0.2) is 18.7 Å². The van der Waals surface area contributed by atoms with Gasteiger partial charge in [0.25, 0.3) is 0 Å². The Hall–Kier alpha value is -4.00. The zero-order valence-electron chi connectivity index (χ0n) is 18.9. The van der Waals surface area contributed by atoms with E-state index in [0.717, 1.165) is 11.8 Å². The lowest BCUT2D eigenvalue weighted by molar-refractivity contribution is -0.139. The highest BCUT2D eigenvalue weighted by atomic mass is 32.2. The molecule has 1 aliphatic rings. The molecular weight excluding hydrogens is 479 g/mol. The zero-order chi connectivity index (χ0) is 24.9. The van der Waals surface area contributed by atoms with Gasteiger partial charge in [0.05, 0.1) is 12.2 Å². The molecule has 35 heavy (non-hydrogen) atoms. The summed E-state index contributed by atoms with van der Waals surface area (Å²) in [6, 6.07) is 8.07. The maximum atomic E-state index is 13.8. The summed E-state index contributed by atoms with van der Waals surface area (Å²) in [6.07, 6.45) is 0. The predicted octanol–water partition coefficient (Wildman–Crippen LogP) is 2.57. The van der Waals surface area contributed by atoms with Crippen molar-refractivity contribution in [1.29, 1.82) is 0 Å². The van der Waals surface area contributed by atoms with Gasteiger partial charge in [0.1, 0.15) is 24.2 Å². The van der Waals surface area contributed by atoms with Crippen LogP contribution in [0.2, 0.25) is 0 Å². The van der Waals surface area contributed by atoms with E-state index < -0.39 is 23.9 Å². The van der Waals surface area contributed by atoms with Gasteiger partial charge >= 0.3 is 12.0 Å². The fourth-order valence-electron chi connectivity index (χ4n) is 3.35. The SMILES string of the molecule is CCOC(=O)C1=C(CSc2nnc(COc3ccccc3F)n2N)NC(=O)N[C@@H]1c1ccc(C)o1. The number of amides is 2. The number of furan rings is 1. The lowest BCUT2D eigenvalue weighted by Crippen LogP contribution is -2.46. The molecule has 3 aromatic rings. The number of esters is 1. The van der Waals surface area contributed by atoms with Crippen molar-refractivity contribution in [3.63, 3.8) is 0 Å². The highest BCUT2D eigenvalue weighted by molar-refractivity contribution is 7.99. The molecule has 1 aliphatic heterocycles. The molecular formula is C22H23FN6O5S. The Morgan fingerprint density at radius 1 is 1.29 bits per heavy atom. The molecule has 0 saturated heterocycles. The number of nitrogen functional groups attached to an aromatic ring is 1. The first-order chi connectivity index (χ1) is 16.9. The van der Waals surface area contributed by atoms with Gasteiger partial charge in [-0.05, 0) is 38.1 Å². The first kappa shape index (κ1) is 24.1. The first-order valence-electron chi connectivity index (χ1n) is 10.6. The number of hydrogen-bond acceptors (Lipinski definition) is 9. The number of carbonyl (C=O) groups excluding carboxylic acids is 2. The molecule has 0 saturated carbocycles. The quantitative estimate of drug-likeness (QED) is 0.228. The lowest BCUT2D eigenvalue weighted by Gasteiger charge is -2.27. The van der Waals surface area contributed by atoms with Crippen molar-refractivity contribution < 1.29 is 27.9 Å². The molecule has 13 heteroatoms. The Morgan fingerprint density at radius 2 is 2.09 bits per heavy atom. The molecule has 2 aromatic heterocycles. The van der Waals surface area contributed by atoms with Gasteiger partial charge in [0.15, 0.2) is 17.4 Å². The number of rotatable bonds is 9. The molecule has 0 unspecified atom stereocenters. The van der Waals surface area contributed by atoms with Crippen LogP contribution < -0.4 is 21.2 Å². The Morgan fingerprint density at radius 3 is 2.80 bits per heavy atom. The smallest absolute Gasteiger partial charge is 0.338 e. The number of hydrogen-bond donors (Lipinski definition) is 3. The summed E-state index contributed by atoms with van der Waals surface area (Å²) in [7, 11) is 0. The van der Waals surface area contributed by atoms with E-state index in [1.807, 2.05) is 0 Å². The molecule has 2 amide bonds. The van der Waals surface area contributed by atoms with E-state index in [0.29, 0.717) is 22.4 Å². The van der Waals surface area contributed by atoms with Crippen LogP contribution in [0.3, 0.4) is 0 Å². The maximum absolute atomic E-state index is 13.8. The minimum absolute atomic E-state index is 0.0607. The fourth-order valence-corrected chi connectivity index (χ4v) is 4.19. The summed E-state index contributed by atoms with van der Waals surface area (Å²) in [5.74, 6) is 6.46. The average Bonchev–Trinajstić information content (AvgIpc) is 3.42. The van der Waals surface area contributed by atoms with Crippen LogP contribution in [0.15, 0.2) is 57.2 Å². The van der Waals surface area contributed by atoms with Crippen molar-refractivity contribution in [2.24, 2.45) is 0 Å². The third kappa shape index (κ3) is 5.40. The largest absolute Gasteiger partial charge is 0.482 e. The molecule has 0 fully saturated rings. The van der Waals surface area contributed by atoms with Crippen molar-refractivity contribution in [3.8, 4) is 5.75 Å². The van der Waals surface area contributed by atoms with E-state index in [2.05, 4.69) is 20.8 Å². The molecule has 184 valence electrons. The van der Waals surface area contributed by atoms with Crippen molar-refractivity contribution in [1.82, 2.24) is 25.5 Å². The minimum atomic E-state index is -0.826. The standard InChI is InChI=1S/C22H23FN6O5S/c1-3-32-20(30)18-14(25-21(31)26-19(18)16-9-8-12(2)34-16)11-35-22-28-27-17(29(22)24)10-33-15-7-5-4-6-13(15)23/h4-9,19H,3,10-11,24H2,1-2H3,(H2,25,26,31)/t19-/m1/s1. The van der Waals surface area contributed by atoms with Crippen molar-refractivity contribution in [3.05, 3.63) is 70.8 Å². The Bertz CT molecular complexity index is 1270. The fraction of sp³-hybridized carbons (Fsp3) is 0.273. The van der Waals surface area contributed by atoms with Gasteiger partial charge in [-0.1, -0.05) is 23.9 Å². The third-order valence-electron chi connectivity index (χ3n) is 4.97. The van der Waals surface area contributed by atoms with E-state index in [4.69, 9.17) is 19.7 Å². The average molecular weight is 503 g/mol. The van der Waals surface area contributed by atoms with Crippen LogP contribution in [-0.4, -0.2) is 39.2 Å². The van der Waals surface area contributed by atoms with Crippen LogP contribution in [0, 0.1) is 12.7 Å². The number of aromatic nitrogens is 3. The highest BCUT2D eigenvalue weighted by Crippen LogP contribution is 2.31. The molecule has 0 radical (unpaired) electrons. The van der Waals surface area contributed by atoms with Crippen LogP contribution in [-0.2, 0) is 16.1 Å². The van der Waals surface area contributed by atoms with Gasteiger partial charge < -0.3 is 30.4 Å². The molecule has 0 aliphatic carbocycles. The second-order valence-corrected chi connectivity index (χ2v) is 8.31. The minimum Gasteiger partial charge on any atom is -0.482 e. The molecule has 0 spiro atoms. The predicted molar refractivity (Wildman–Crippen MR) is 123 cm³/mol. The molecule has 1 aromatic carbocycles. The number of nitrogens with zero attached hydrogens (tertiary/aromatic N) is 3. The highest BCUT2D eigenvalue weighted by Gasteiger charge is 2.35. The third-order valence-corrected chi connectivity index (χ3v) is 5.94. The van der Waals surface area contributed by atoms with Crippen LogP contribution in [0.4, 0.5) is 9.18 Å². The summed E-state index contributed by atoms with van der Waals surface area (Å²) in [4.78, 5) is 25.2. The van der Waals surface area contributed by atoms with Crippen molar-refractivity contribution >= 4 is 23.8 Å². The van der Waals surface area contributed by atoms with Crippen molar-refractivity contribution in [2.45, 2.75) is 31.7 Å². The van der Waals surface area contributed by atoms with Crippen LogP contribution in [0.25, 0.3) is 0 Å². The lowest BCUT2D eigenvalue weighted by atomic mass is 10.0. The number of nitrogens with one attached hydrogen (secondary N) is 2. The van der Waals surface area contributed by atoms with Crippen LogP contribution >= 0.6 is 11.8 Å². The number of ether oxygens (including phenoxy) is 2. The number of aryl methyl sites for hydroxylation is 1. The molecule has 3 heterocycles. The Balaban J connectivity index is 1.54. The molecule has 4 N–H and O–H groups in total. The van der Waals surface area contributed by atoms with E-state index in [-0.39, 0.29) is 36.1 Å². The van der Waals surface area contributed by atoms with Gasteiger partial charge in [-0.2, -0.15) is 0 Å². The van der Waals surface area contributed by atoms with Gasteiger partial charge in [0.2, 0.25) is 5.16 Å². The molecule has 4 rings (SSSR count). The van der Waals surface area contributed by atoms with Crippen LogP contribution in [0.5, 0.6) is 5.75 Å². The van der Waals surface area contributed by atoms with Gasteiger partial charge in [0, 0.05) is 11.4 Å². The number of urea groups is 1. The summed E-state index contributed by atoms with van der Waals surface area (Å²) in [5, 5.41) is 13.7. The number of halogens is 1. The molecule has 0 bridgehead atoms. The number of benzene rings is 1. The number of para-hydroxylation sites is 1. The number of thioether (sulfide) groups is 1. The second-order valence-electron chi connectivity index (χ2n) is 7.37. The van der Waals surface area contributed by atoms with Gasteiger partial charge in [-0.15, -0.1) is 10.2 Å². The van der Waals surface area contributed by atoms with E-state index in [1.165, 1.54) is 16.8 Å².